The molecule has 7 nitrogen and oxygen atoms in total. The van der Waals surface area contributed by atoms with E-state index in [0.717, 1.165) is 42.5 Å². The highest BCUT2D eigenvalue weighted by atomic mass is 35.5. The summed E-state index contributed by atoms with van der Waals surface area (Å²) in [7, 11) is 0. The first kappa shape index (κ1) is 25.0. The van der Waals surface area contributed by atoms with Crippen molar-refractivity contribution < 1.29 is 19.1 Å². The number of hydrogen-bond acceptors (Lipinski definition) is 6. The highest BCUT2D eigenvalue weighted by molar-refractivity contribution is 6.59. The van der Waals surface area contributed by atoms with Crippen LogP contribution in [0.1, 0.15) is 42.3 Å². The Balaban J connectivity index is 1.87. The Kier molecular flexibility index (Phi) is 6.10. The lowest BCUT2D eigenvalue weighted by atomic mass is 9.42. The molecule has 2 atom stereocenters. The number of benzene rings is 1. The van der Waals surface area contributed by atoms with Gasteiger partial charge in [-0.15, -0.1) is 0 Å². The number of aromatic nitrogens is 1. The number of carbonyl (C=O) groups excluding carboxylic acids is 3. The number of Topliss-reactive ketones (excluding diaryl/α,β-unsaturated/α-hetero) is 2. The Bertz CT molecular complexity index is 1520. The van der Waals surface area contributed by atoms with E-state index in [2.05, 4.69) is 0 Å². The third kappa shape index (κ3) is 3.14. The summed E-state index contributed by atoms with van der Waals surface area (Å²) in [6, 6.07) is 15.2. The van der Waals surface area contributed by atoms with Crippen molar-refractivity contribution in [3.05, 3.63) is 74.6 Å². The van der Waals surface area contributed by atoms with Gasteiger partial charge in [-0.2, -0.15) is 10.5 Å². The first-order chi connectivity index (χ1) is 17.8. The van der Waals surface area contributed by atoms with E-state index in [1.807, 2.05) is 53.1 Å². The molecule has 3 aliphatic carbocycles. The number of ether oxygens (including phenoxy) is 1. The molecule has 2 unspecified atom stereocenters. The first-order valence-electron chi connectivity index (χ1n) is 11.9. The minimum absolute atomic E-state index is 0.0130. The van der Waals surface area contributed by atoms with E-state index in [0.29, 0.717) is 12.2 Å². The van der Waals surface area contributed by atoms with Crippen molar-refractivity contribution in [3.8, 4) is 12.1 Å². The van der Waals surface area contributed by atoms with Crippen molar-refractivity contribution >= 4 is 46.3 Å². The van der Waals surface area contributed by atoms with Crippen molar-refractivity contribution in [1.29, 1.82) is 10.5 Å². The third-order valence-electron chi connectivity index (χ3n) is 7.50. The van der Waals surface area contributed by atoms with Crippen LogP contribution in [0.2, 0.25) is 0 Å². The van der Waals surface area contributed by atoms with E-state index in [-0.39, 0.29) is 17.8 Å². The molecule has 3 aliphatic rings. The predicted octanol–water partition coefficient (Wildman–Crippen LogP) is 4.61. The monoisotopic (exact) mass is 533 g/mol. The molecule has 1 heterocycles. The van der Waals surface area contributed by atoms with E-state index in [4.69, 9.17) is 27.9 Å². The molecule has 0 fully saturated rings. The number of esters is 1. The second-order valence-corrected chi connectivity index (χ2v) is 10.0. The third-order valence-corrected chi connectivity index (χ3v) is 8.32. The fourth-order valence-electron chi connectivity index (χ4n) is 5.86. The van der Waals surface area contributed by atoms with Crippen LogP contribution < -0.4 is 0 Å². The lowest BCUT2D eigenvalue weighted by Crippen LogP contribution is -2.64. The second-order valence-electron chi connectivity index (χ2n) is 9.26. The molecule has 2 aromatic rings. The van der Waals surface area contributed by atoms with Crippen molar-refractivity contribution in [2.75, 3.05) is 6.61 Å². The first-order valence-corrected chi connectivity index (χ1v) is 12.7. The van der Waals surface area contributed by atoms with Crippen LogP contribution in [0.3, 0.4) is 0 Å². The van der Waals surface area contributed by atoms with Crippen molar-refractivity contribution in [2.45, 2.75) is 39.2 Å². The fourth-order valence-corrected chi connectivity index (χ4v) is 6.32. The smallest absolute Gasteiger partial charge is 0.336 e. The van der Waals surface area contributed by atoms with E-state index >= 15 is 0 Å². The summed E-state index contributed by atoms with van der Waals surface area (Å²) in [4.78, 5) is 40.5. The molecule has 0 bridgehead atoms. The van der Waals surface area contributed by atoms with Crippen LogP contribution in [0.5, 0.6) is 0 Å². The Morgan fingerprint density at radius 2 is 1.65 bits per heavy atom. The van der Waals surface area contributed by atoms with Gasteiger partial charge < -0.3 is 9.30 Å². The van der Waals surface area contributed by atoms with Crippen molar-refractivity contribution in [3.63, 3.8) is 0 Å². The number of nitrogens with zero attached hydrogens (tertiary/aromatic N) is 3. The molecule has 0 radical (unpaired) electrons. The minimum Gasteiger partial charge on any atom is -0.463 e. The van der Waals surface area contributed by atoms with Gasteiger partial charge in [-0.25, -0.2) is 4.79 Å². The molecule has 0 saturated heterocycles. The van der Waals surface area contributed by atoms with E-state index in [1.54, 1.807) is 6.92 Å². The average Bonchev–Trinajstić information content (AvgIpc) is 3.25. The number of ketones is 2. The van der Waals surface area contributed by atoms with Gasteiger partial charge in [0, 0.05) is 23.5 Å². The van der Waals surface area contributed by atoms with Gasteiger partial charge in [-0.1, -0.05) is 53.5 Å². The number of halogens is 2. The minimum atomic E-state index is -2.46. The van der Waals surface area contributed by atoms with Gasteiger partial charge in [0.1, 0.15) is 10.1 Å². The summed E-state index contributed by atoms with van der Waals surface area (Å²) < 4.78 is 7.22. The summed E-state index contributed by atoms with van der Waals surface area (Å²) in [6.07, 6.45) is 3.49. The topological polar surface area (TPSA) is 113 Å². The SMILES string of the molecule is CCOC(=O)C1=C(c2cc3c(n2Cc2ccccc2)CCCC3)C2(C#N)C(=O)C(Cl)=C(Cl)C(=O)C12C#N. The van der Waals surface area contributed by atoms with Gasteiger partial charge in [-0.3, -0.25) is 9.59 Å². The standard InChI is InChI=1S/C28H21Cl2N3O4/c1-2-37-26(36)21-20(27(14-31)24(34)22(29)23(30)25(35)28(21,27)15-32)19-12-17-10-6-7-11-18(17)33(19)13-16-8-4-3-5-9-16/h3-5,8-9,12H,2,6-7,10-11,13H2,1H3. The molecule has 0 saturated carbocycles. The second kappa shape index (κ2) is 9.03. The van der Waals surface area contributed by atoms with Crippen LogP contribution in [0.15, 0.2) is 52.0 Å². The van der Waals surface area contributed by atoms with Gasteiger partial charge in [0.2, 0.25) is 11.6 Å². The van der Waals surface area contributed by atoms with Crippen molar-refractivity contribution in [1.82, 2.24) is 4.57 Å². The van der Waals surface area contributed by atoms with Crippen LogP contribution in [-0.2, 0) is 38.5 Å². The van der Waals surface area contributed by atoms with Crippen molar-refractivity contribution in [2.24, 2.45) is 10.8 Å². The van der Waals surface area contributed by atoms with Gasteiger partial charge in [0.25, 0.3) is 0 Å². The molecule has 1 aromatic carbocycles. The number of carbonyl (C=O) groups is 3. The molecule has 0 aliphatic heterocycles. The summed E-state index contributed by atoms with van der Waals surface area (Å²) in [6.45, 7) is 1.95. The largest absolute Gasteiger partial charge is 0.463 e. The summed E-state index contributed by atoms with van der Waals surface area (Å²) in [5, 5.41) is 19.6. The van der Waals surface area contributed by atoms with Gasteiger partial charge in [-0.05, 0) is 49.8 Å². The number of rotatable bonds is 5. The lowest BCUT2D eigenvalue weighted by Gasteiger charge is -2.52. The predicted molar refractivity (Wildman–Crippen MR) is 135 cm³/mol. The van der Waals surface area contributed by atoms with Gasteiger partial charge in [0.15, 0.2) is 10.8 Å². The summed E-state index contributed by atoms with van der Waals surface area (Å²) in [5.41, 5.74) is -1.69. The number of fused-ring (bicyclic) bond motifs is 2. The maximum atomic E-state index is 13.7. The van der Waals surface area contributed by atoms with Crippen LogP contribution >= 0.6 is 23.2 Å². The quantitative estimate of drug-likeness (QED) is 0.518. The molecule has 5 rings (SSSR count). The molecule has 0 amide bonds. The highest BCUT2D eigenvalue weighted by Gasteiger charge is 2.79. The van der Waals surface area contributed by atoms with Gasteiger partial charge in [0.05, 0.1) is 24.3 Å². The molecule has 0 N–H and O–H groups in total. The zero-order chi connectivity index (χ0) is 26.5. The van der Waals surface area contributed by atoms with Gasteiger partial charge >= 0.3 is 5.97 Å². The lowest BCUT2D eigenvalue weighted by molar-refractivity contribution is -0.145. The average molecular weight is 534 g/mol. The summed E-state index contributed by atoms with van der Waals surface area (Å²) >= 11 is 12.3. The van der Waals surface area contributed by atoms with E-state index < -0.39 is 38.4 Å². The molecule has 0 spiro atoms. The molecular weight excluding hydrogens is 513 g/mol. The van der Waals surface area contributed by atoms with Crippen LogP contribution in [-0.4, -0.2) is 28.7 Å². The zero-order valence-electron chi connectivity index (χ0n) is 19.9. The van der Waals surface area contributed by atoms with Crippen LogP contribution in [0.4, 0.5) is 0 Å². The van der Waals surface area contributed by atoms with E-state index in [1.165, 1.54) is 0 Å². The maximum Gasteiger partial charge on any atom is 0.336 e. The Labute approximate surface area is 223 Å². The number of aryl methyl sites for hydroxylation is 1. The number of allylic oxidation sites excluding steroid dienone is 3. The summed E-state index contributed by atoms with van der Waals surface area (Å²) in [5.74, 6) is -2.98. The Morgan fingerprint density at radius 3 is 2.27 bits per heavy atom. The highest BCUT2D eigenvalue weighted by Crippen LogP contribution is 2.69. The van der Waals surface area contributed by atoms with Crippen LogP contribution in [0, 0.1) is 33.5 Å². The number of hydrogen-bond donors (Lipinski definition) is 0. The molecule has 37 heavy (non-hydrogen) atoms. The van der Waals surface area contributed by atoms with Crippen LogP contribution in [0.25, 0.3) is 5.57 Å². The fraction of sp³-hybridized carbons (Fsp3) is 0.321. The Morgan fingerprint density at radius 1 is 1.03 bits per heavy atom. The molecule has 186 valence electrons. The van der Waals surface area contributed by atoms with E-state index in [9.17, 15) is 24.9 Å². The maximum absolute atomic E-state index is 13.7. The normalized spacial score (nSPS) is 24.6. The Hall–Kier alpha value is -3.65. The molecular formula is C28H21Cl2N3O4. The number of nitriles is 2. The molecule has 9 heteroatoms. The zero-order valence-corrected chi connectivity index (χ0v) is 21.4. The molecule has 1 aromatic heterocycles.